The summed E-state index contributed by atoms with van der Waals surface area (Å²) in [6, 6.07) is 13.1. The number of hydrogen-bond donors (Lipinski definition) is 1. The third-order valence-electron chi connectivity index (χ3n) is 5.79. The molecule has 7 heteroatoms. The Morgan fingerprint density at radius 2 is 1.80 bits per heavy atom. The molecular formula is C23H24FN3O3. The molecule has 1 aromatic heterocycles. The van der Waals surface area contributed by atoms with Gasteiger partial charge >= 0.3 is 0 Å². The summed E-state index contributed by atoms with van der Waals surface area (Å²) in [7, 11) is 0. The van der Waals surface area contributed by atoms with Crippen LogP contribution in [0.1, 0.15) is 35.9 Å². The van der Waals surface area contributed by atoms with E-state index in [9.17, 15) is 19.1 Å². The van der Waals surface area contributed by atoms with Crippen molar-refractivity contribution in [3.05, 3.63) is 76.1 Å². The molecule has 0 aliphatic carbocycles. The maximum atomic E-state index is 13.9. The number of piperidine rings is 1. The fourth-order valence-electron chi connectivity index (χ4n) is 4.03. The summed E-state index contributed by atoms with van der Waals surface area (Å²) in [5, 5.41) is 11.7. The number of amides is 1. The normalized spacial score (nSPS) is 16.0. The largest absolute Gasteiger partial charge is 0.388 e. The van der Waals surface area contributed by atoms with E-state index in [1.165, 1.54) is 12.1 Å². The molecule has 0 unspecified atom stereocenters. The Kier molecular flexibility index (Phi) is 5.39. The highest BCUT2D eigenvalue weighted by molar-refractivity contribution is 5.94. The van der Waals surface area contributed by atoms with E-state index >= 15 is 0 Å². The predicted octanol–water partition coefficient (Wildman–Crippen LogP) is 2.77. The minimum atomic E-state index is -1.14. The Morgan fingerprint density at radius 3 is 2.50 bits per heavy atom. The van der Waals surface area contributed by atoms with Crippen molar-refractivity contribution in [1.82, 2.24) is 14.5 Å². The van der Waals surface area contributed by atoms with Gasteiger partial charge in [0.1, 0.15) is 11.6 Å². The Bertz CT molecular complexity index is 1150. The molecule has 0 radical (unpaired) electrons. The Morgan fingerprint density at radius 1 is 1.13 bits per heavy atom. The van der Waals surface area contributed by atoms with Crippen molar-refractivity contribution in [2.45, 2.75) is 38.3 Å². The van der Waals surface area contributed by atoms with Crippen LogP contribution in [0.5, 0.6) is 0 Å². The van der Waals surface area contributed by atoms with Gasteiger partial charge in [-0.25, -0.2) is 9.37 Å². The number of benzene rings is 2. The molecule has 0 atom stereocenters. The summed E-state index contributed by atoms with van der Waals surface area (Å²) in [5.41, 5.74) is -0.626. The van der Waals surface area contributed by atoms with Crippen LogP contribution in [-0.2, 0) is 13.0 Å². The SMILES string of the molecule is CCc1nc2ccccc2c(=O)n1CC1(O)CCN(C(=O)c2ccccc2F)CC1. The highest BCUT2D eigenvalue weighted by Gasteiger charge is 2.36. The van der Waals surface area contributed by atoms with Crippen LogP contribution in [0.15, 0.2) is 53.3 Å². The number of rotatable bonds is 4. The number of aromatic nitrogens is 2. The maximum absolute atomic E-state index is 13.9. The van der Waals surface area contributed by atoms with Crippen LogP contribution in [0.25, 0.3) is 10.9 Å². The molecule has 1 aliphatic rings. The van der Waals surface area contributed by atoms with Gasteiger partial charge in [-0.1, -0.05) is 31.2 Å². The zero-order chi connectivity index (χ0) is 21.3. The van der Waals surface area contributed by atoms with Gasteiger partial charge in [0.25, 0.3) is 11.5 Å². The lowest BCUT2D eigenvalue weighted by Crippen LogP contribution is -2.50. The highest BCUT2D eigenvalue weighted by atomic mass is 19.1. The van der Waals surface area contributed by atoms with Gasteiger partial charge in [-0.3, -0.25) is 14.2 Å². The molecule has 4 rings (SSSR count). The number of likely N-dealkylation sites (tertiary alicyclic amines) is 1. The second kappa shape index (κ2) is 7.99. The molecule has 1 aliphatic heterocycles. The van der Waals surface area contributed by atoms with Gasteiger partial charge in [-0.15, -0.1) is 0 Å². The average Bonchev–Trinajstić information content (AvgIpc) is 2.76. The first-order chi connectivity index (χ1) is 14.4. The van der Waals surface area contributed by atoms with Crippen LogP contribution in [0.4, 0.5) is 4.39 Å². The van der Waals surface area contributed by atoms with Crippen molar-refractivity contribution < 1.29 is 14.3 Å². The summed E-state index contributed by atoms with van der Waals surface area (Å²) in [6.07, 6.45) is 1.17. The smallest absolute Gasteiger partial charge is 0.261 e. The Balaban J connectivity index is 1.54. The molecular weight excluding hydrogens is 385 g/mol. The third kappa shape index (κ3) is 3.73. The molecule has 1 N–H and O–H groups in total. The number of aryl methyl sites for hydroxylation is 1. The summed E-state index contributed by atoms with van der Waals surface area (Å²) in [4.78, 5) is 31.8. The van der Waals surface area contributed by atoms with Gasteiger partial charge in [0.15, 0.2) is 0 Å². The minimum Gasteiger partial charge on any atom is -0.388 e. The zero-order valence-electron chi connectivity index (χ0n) is 16.8. The Labute approximate surface area is 173 Å². The number of aliphatic hydroxyl groups is 1. The number of carbonyl (C=O) groups is 1. The lowest BCUT2D eigenvalue weighted by Gasteiger charge is -2.38. The summed E-state index contributed by atoms with van der Waals surface area (Å²) in [6.45, 7) is 2.63. The van der Waals surface area contributed by atoms with Gasteiger partial charge in [0, 0.05) is 19.5 Å². The molecule has 3 aromatic rings. The maximum Gasteiger partial charge on any atom is 0.261 e. The molecule has 0 saturated carbocycles. The first-order valence-electron chi connectivity index (χ1n) is 10.2. The quantitative estimate of drug-likeness (QED) is 0.719. The lowest BCUT2D eigenvalue weighted by atomic mass is 9.90. The van der Waals surface area contributed by atoms with Crippen molar-refractivity contribution in [2.24, 2.45) is 0 Å². The number of fused-ring (bicyclic) bond motifs is 1. The second-order valence-electron chi connectivity index (χ2n) is 7.79. The van der Waals surface area contributed by atoms with Crippen LogP contribution in [-0.4, -0.2) is 44.2 Å². The molecule has 6 nitrogen and oxygen atoms in total. The van der Waals surface area contributed by atoms with E-state index in [4.69, 9.17) is 0 Å². The van der Waals surface area contributed by atoms with Crippen LogP contribution >= 0.6 is 0 Å². The van der Waals surface area contributed by atoms with Gasteiger partial charge in [-0.05, 0) is 37.1 Å². The standard InChI is InChI=1S/C23H24FN3O3/c1-2-20-25-19-10-6-4-8-17(19)22(29)27(20)15-23(30)11-13-26(14-12-23)21(28)16-7-3-5-9-18(16)24/h3-10,30H,2,11-15H2,1H3. The average molecular weight is 409 g/mol. The number of nitrogens with zero attached hydrogens (tertiary/aromatic N) is 3. The Hall–Kier alpha value is -3.06. The molecule has 2 heterocycles. The van der Waals surface area contributed by atoms with E-state index in [-0.39, 0.29) is 23.6 Å². The molecule has 0 bridgehead atoms. The topological polar surface area (TPSA) is 75.4 Å². The fourth-order valence-corrected chi connectivity index (χ4v) is 4.03. The monoisotopic (exact) mass is 409 g/mol. The second-order valence-corrected chi connectivity index (χ2v) is 7.79. The fraction of sp³-hybridized carbons (Fsp3) is 0.348. The van der Waals surface area contributed by atoms with Crippen molar-refractivity contribution in [3.63, 3.8) is 0 Å². The molecule has 2 aromatic carbocycles. The number of halogens is 1. The molecule has 1 fully saturated rings. The van der Waals surface area contributed by atoms with E-state index in [2.05, 4.69) is 4.98 Å². The lowest BCUT2D eigenvalue weighted by molar-refractivity contribution is -0.0305. The van der Waals surface area contributed by atoms with Gasteiger partial charge in [0.2, 0.25) is 0 Å². The van der Waals surface area contributed by atoms with Crippen LogP contribution in [0.2, 0.25) is 0 Å². The molecule has 156 valence electrons. The third-order valence-corrected chi connectivity index (χ3v) is 5.79. The first kappa shape index (κ1) is 20.2. The zero-order valence-corrected chi connectivity index (χ0v) is 16.8. The van der Waals surface area contributed by atoms with Gasteiger partial charge in [0.05, 0.1) is 28.6 Å². The summed E-state index contributed by atoms with van der Waals surface area (Å²) >= 11 is 0. The summed E-state index contributed by atoms with van der Waals surface area (Å²) < 4.78 is 15.5. The molecule has 1 amide bonds. The summed E-state index contributed by atoms with van der Waals surface area (Å²) in [5.74, 6) is -0.310. The first-order valence-corrected chi connectivity index (χ1v) is 10.2. The van der Waals surface area contributed by atoms with Crippen LogP contribution in [0.3, 0.4) is 0 Å². The van der Waals surface area contributed by atoms with E-state index in [1.807, 2.05) is 19.1 Å². The van der Waals surface area contributed by atoms with Crippen molar-refractivity contribution in [2.75, 3.05) is 13.1 Å². The molecule has 1 saturated heterocycles. The molecule has 0 spiro atoms. The van der Waals surface area contributed by atoms with Gasteiger partial charge in [-0.2, -0.15) is 0 Å². The highest BCUT2D eigenvalue weighted by Crippen LogP contribution is 2.26. The van der Waals surface area contributed by atoms with E-state index in [0.717, 1.165) is 0 Å². The van der Waals surface area contributed by atoms with Crippen molar-refractivity contribution in [1.29, 1.82) is 0 Å². The van der Waals surface area contributed by atoms with Crippen molar-refractivity contribution >= 4 is 16.8 Å². The van der Waals surface area contributed by atoms with Crippen LogP contribution < -0.4 is 5.56 Å². The minimum absolute atomic E-state index is 0.0335. The van der Waals surface area contributed by atoms with E-state index < -0.39 is 11.4 Å². The van der Waals surface area contributed by atoms with Gasteiger partial charge < -0.3 is 10.0 Å². The van der Waals surface area contributed by atoms with Crippen molar-refractivity contribution in [3.8, 4) is 0 Å². The molecule has 30 heavy (non-hydrogen) atoms. The number of para-hydroxylation sites is 1. The van der Waals surface area contributed by atoms with Crippen LogP contribution in [0, 0.1) is 5.82 Å². The van der Waals surface area contributed by atoms with E-state index in [1.54, 1.807) is 33.7 Å². The number of hydrogen-bond acceptors (Lipinski definition) is 4. The predicted molar refractivity (Wildman–Crippen MR) is 112 cm³/mol. The number of carbonyl (C=O) groups excluding carboxylic acids is 1. The van der Waals surface area contributed by atoms with E-state index in [0.29, 0.717) is 49.1 Å².